The lowest BCUT2D eigenvalue weighted by atomic mass is 10.0. The maximum atomic E-state index is 12.2. The highest BCUT2D eigenvalue weighted by Crippen LogP contribution is 2.24. The minimum atomic E-state index is -4.40. The molecule has 0 fully saturated rings. The van der Waals surface area contributed by atoms with Gasteiger partial charge in [0.15, 0.2) is 6.10 Å². The summed E-state index contributed by atoms with van der Waals surface area (Å²) in [5, 5.41) is 9.77. The van der Waals surface area contributed by atoms with E-state index in [1.54, 1.807) is 12.1 Å². The quantitative estimate of drug-likeness (QED) is 0.886. The lowest BCUT2D eigenvalue weighted by molar-refractivity contribution is -0.219. The summed E-state index contributed by atoms with van der Waals surface area (Å²) in [6.07, 6.45) is -7.33. The van der Waals surface area contributed by atoms with Crippen LogP contribution < -0.4 is 0 Å². The summed E-state index contributed by atoms with van der Waals surface area (Å²) >= 11 is 0. The van der Waals surface area contributed by atoms with Crippen LogP contribution in [0.15, 0.2) is 24.3 Å². The third-order valence-electron chi connectivity index (χ3n) is 2.95. The number of aliphatic hydroxyl groups excluding tert-OH is 1. The van der Waals surface area contributed by atoms with Gasteiger partial charge >= 0.3 is 6.18 Å². The minimum absolute atomic E-state index is 0.368. The first-order valence-corrected chi connectivity index (χ1v) is 6.18. The molecule has 19 heavy (non-hydrogen) atoms. The van der Waals surface area contributed by atoms with Crippen LogP contribution in [0.1, 0.15) is 43.9 Å². The highest BCUT2D eigenvalue weighted by molar-refractivity contribution is 5.26. The summed E-state index contributed by atoms with van der Waals surface area (Å²) in [6.45, 7) is 4.63. The fourth-order valence-electron chi connectivity index (χ4n) is 1.53. The van der Waals surface area contributed by atoms with E-state index in [4.69, 9.17) is 0 Å². The van der Waals surface area contributed by atoms with E-state index in [1.165, 1.54) is 0 Å². The van der Waals surface area contributed by atoms with Crippen LogP contribution in [0.2, 0.25) is 0 Å². The third-order valence-corrected chi connectivity index (χ3v) is 2.95. The molecule has 0 spiro atoms. The first-order chi connectivity index (χ1) is 8.71. The van der Waals surface area contributed by atoms with Crippen LogP contribution in [-0.2, 0) is 4.74 Å². The zero-order valence-electron chi connectivity index (χ0n) is 11.2. The number of alkyl halides is 3. The Morgan fingerprint density at radius 1 is 1.05 bits per heavy atom. The maximum Gasteiger partial charge on any atom is 0.414 e. The average molecular weight is 276 g/mol. The summed E-state index contributed by atoms with van der Waals surface area (Å²) in [5.41, 5.74) is 1.67. The van der Waals surface area contributed by atoms with Gasteiger partial charge in [-0.2, -0.15) is 13.2 Å². The van der Waals surface area contributed by atoms with Crippen molar-refractivity contribution in [3.05, 3.63) is 35.4 Å². The number of hydrogen-bond acceptors (Lipinski definition) is 2. The molecule has 0 saturated carbocycles. The van der Waals surface area contributed by atoms with Gasteiger partial charge < -0.3 is 9.84 Å². The highest BCUT2D eigenvalue weighted by atomic mass is 19.4. The molecule has 1 N–H and O–H groups in total. The van der Waals surface area contributed by atoms with Crippen molar-refractivity contribution in [3.8, 4) is 0 Å². The Kier molecular flexibility index (Phi) is 5.38. The van der Waals surface area contributed by atoms with Crippen LogP contribution in [0.3, 0.4) is 0 Å². The van der Waals surface area contributed by atoms with E-state index in [-0.39, 0.29) is 6.61 Å². The predicted molar refractivity (Wildman–Crippen MR) is 67.0 cm³/mol. The second-order valence-corrected chi connectivity index (χ2v) is 4.85. The molecule has 0 heterocycles. The number of aliphatic hydroxyl groups is 1. The highest BCUT2D eigenvalue weighted by Gasteiger charge is 2.37. The zero-order chi connectivity index (χ0) is 14.6. The van der Waals surface area contributed by atoms with E-state index in [1.807, 2.05) is 26.0 Å². The number of benzene rings is 1. The molecule has 0 bridgehead atoms. The summed E-state index contributed by atoms with van der Waals surface area (Å²) < 4.78 is 41.3. The average Bonchev–Trinajstić information content (AvgIpc) is 2.34. The van der Waals surface area contributed by atoms with E-state index < -0.39 is 18.4 Å². The molecule has 0 aromatic heterocycles. The SMILES string of the molecule is CC(C)c1ccc(C(O)COC(C)C(F)(F)F)cc1. The van der Waals surface area contributed by atoms with Gasteiger partial charge in [0.2, 0.25) is 0 Å². The van der Waals surface area contributed by atoms with E-state index in [2.05, 4.69) is 4.74 Å². The van der Waals surface area contributed by atoms with Gasteiger partial charge in [0, 0.05) is 0 Å². The van der Waals surface area contributed by atoms with E-state index >= 15 is 0 Å². The topological polar surface area (TPSA) is 29.5 Å². The lowest BCUT2D eigenvalue weighted by Gasteiger charge is -2.19. The monoisotopic (exact) mass is 276 g/mol. The molecule has 2 unspecified atom stereocenters. The summed E-state index contributed by atoms with van der Waals surface area (Å²) in [5.74, 6) is 0.368. The fraction of sp³-hybridized carbons (Fsp3) is 0.571. The van der Waals surface area contributed by atoms with Crippen LogP contribution in [0.5, 0.6) is 0 Å². The second-order valence-electron chi connectivity index (χ2n) is 4.85. The number of ether oxygens (including phenoxy) is 1. The van der Waals surface area contributed by atoms with Crippen molar-refractivity contribution in [3.63, 3.8) is 0 Å². The smallest absolute Gasteiger partial charge is 0.386 e. The first-order valence-electron chi connectivity index (χ1n) is 6.18. The molecular formula is C14H19F3O2. The van der Waals surface area contributed by atoms with Crippen molar-refractivity contribution in [2.45, 2.75) is 45.1 Å². The van der Waals surface area contributed by atoms with E-state index in [9.17, 15) is 18.3 Å². The molecule has 2 nitrogen and oxygen atoms in total. The Balaban J connectivity index is 2.56. The Hall–Kier alpha value is -1.07. The third kappa shape index (κ3) is 4.84. The van der Waals surface area contributed by atoms with Gasteiger partial charge in [-0.1, -0.05) is 38.1 Å². The largest absolute Gasteiger partial charge is 0.414 e. The van der Waals surface area contributed by atoms with Gasteiger partial charge in [0.1, 0.15) is 6.10 Å². The second kappa shape index (κ2) is 6.39. The van der Waals surface area contributed by atoms with Crippen molar-refractivity contribution < 1.29 is 23.0 Å². The molecular weight excluding hydrogens is 257 g/mol. The van der Waals surface area contributed by atoms with Crippen LogP contribution >= 0.6 is 0 Å². The normalized spacial score (nSPS) is 15.6. The van der Waals surface area contributed by atoms with Gasteiger partial charge in [0.25, 0.3) is 0 Å². The number of halogens is 3. The molecule has 1 aromatic rings. The zero-order valence-corrected chi connectivity index (χ0v) is 11.2. The van der Waals surface area contributed by atoms with Crippen LogP contribution in [-0.4, -0.2) is 24.0 Å². The molecule has 0 aliphatic heterocycles. The molecule has 0 aliphatic rings. The number of hydrogen-bond donors (Lipinski definition) is 1. The van der Waals surface area contributed by atoms with Crippen LogP contribution in [0.25, 0.3) is 0 Å². The maximum absolute atomic E-state index is 12.2. The summed E-state index contributed by atoms with van der Waals surface area (Å²) in [6, 6.07) is 7.13. The predicted octanol–water partition coefficient (Wildman–Crippen LogP) is 3.81. The first kappa shape index (κ1) is 16.0. The van der Waals surface area contributed by atoms with Crippen molar-refractivity contribution in [1.82, 2.24) is 0 Å². The molecule has 0 radical (unpaired) electrons. The summed E-state index contributed by atoms with van der Waals surface area (Å²) in [4.78, 5) is 0. The Bertz CT molecular complexity index is 385. The van der Waals surface area contributed by atoms with E-state index in [0.717, 1.165) is 12.5 Å². The van der Waals surface area contributed by atoms with Crippen molar-refractivity contribution in [2.24, 2.45) is 0 Å². The molecule has 0 aliphatic carbocycles. The standard InChI is InChI=1S/C14H19F3O2/c1-9(2)11-4-6-12(7-5-11)13(18)8-19-10(3)14(15,16)17/h4-7,9-10,13,18H,8H2,1-3H3. The molecule has 1 aromatic carbocycles. The van der Waals surface area contributed by atoms with Gasteiger partial charge in [0.05, 0.1) is 6.61 Å². The molecule has 108 valence electrons. The van der Waals surface area contributed by atoms with Crippen molar-refractivity contribution >= 4 is 0 Å². The van der Waals surface area contributed by atoms with Crippen molar-refractivity contribution in [2.75, 3.05) is 6.61 Å². The lowest BCUT2D eigenvalue weighted by Crippen LogP contribution is -2.30. The van der Waals surface area contributed by atoms with Gasteiger partial charge in [-0.25, -0.2) is 0 Å². The molecule has 0 amide bonds. The molecule has 5 heteroatoms. The fourth-order valence-corrected chi connectivity index (χ4v) is 1.53. The Labute approximate surface area is 111 Å². The number of rotatable bonds is 5. The molecule has 1 rings (SSSR count). The van der Waals surface area contributed by atoms with Crippen LogP contribution in [0.4, 0.5) is 13.2 Å². The van der Waals surface area contributed by atoms with Gasteiger partial charge in [-0.15, -0.1) is 0 Å². The van der Waals surface area contributed by atoms with E-state index in [0.29, 0.717) is 11.5 Å². The van der Waals surface area contributed by atoms with Crippen LogP contribution in [0, 0.1) is 0 Å². The van der Waals surface area contributed by atoms with Crippen molar-refractivity contribution in [1.29, 1.82) is 0 Å². The van der Waals surface area contributed by atoms with Gasteiger partial charge in [-0.3, -0.25) is 0 Å². The van der Waals surface area contributed by atoms with Gasteiger partial charge in [-0.05, 0) is 24.0 Å². The Morgan fingerprint density at radius 3 is 1.95 bits per heavy atom. The molecule has 0 saturated heterocycles. The summed E-state index contributed by atoms with van der Waals surface area (Å²) in [7, 11) is 0. The Morgan fingerprint density at radius 2 is 1.53 bits per heavy atom. The minimum Gasteiger partial charge on any atom is -0.386 e. The molecule has 2 atom stereocenters.